The number of ether oxygens (including phenoxy) is 1. The molecule has 7 nitrogen and oxygen atoms in total. The van der Waals surface area contributed by atoms with Crippen LogP contribution in [0.2, 0.25) is 0 Å². The number of nitrogens with zero attached hydrogens (tertiary/aromatic N) is 1. The minimum atomic E-state index is -0.0518. The number of aryl methyl sites for hydroxylation is 2. The van der Waals surface area contributed by atoms with E-state index >= 15 is 0 Å². The summed E-state index contributed by atoms with van der Waals surface area (Å²) < 4.78 is 5.88. The predicted octanol–water partition coefficient (Wildman–Crippen LogP) is 3.83. The predicted molar refractivity (Wildman–Crippen MR) is 126 cm³/mol. The number of hydrogen-bond donors (Lipinski definition) is 3. The lowest BCUT2D eigenvalue weighted by molar-refractivity contribution is -0.121. The Hall–Kier alpha value is -2.74. The van der Waals surface area contributed by atoms with E-state index in [1.54, 1.807) is 6.20 Å². The van der Waals surface area contributed by atoms with Crippen molar-refractivity contribution in [1.82, 2.24) is 20.9 Å². The third-order valence-corrected chi connectivity index (χ3v) is 7.43. The van der Waals surface area contributed by atoms with Crippen LogP contribution in [0.1, 0.15) is 42.4 Å². The molecular weight excluding hydrogens is 424 g/mol. The van der Waals surface area contributed by atoms with Crippen LogP contribution >= 0.6 is 11.8 Å². The van der Waals surface area contributed by atoms with E-state index in [1.807, 2.05) is 49.9 Å². The molecule has 1 aromatic carbocycles. The van der Waals surface area contributed by atoms with Gasteiger partial charge in [-0.2, -0.15) is 11.8 Å². The number of unbranched alkanes of at least 4 members (excludes halogenated alkanes) is 1. The molecule has 0 saturated carbocycles. The van der Waals surface area contributed by atoms with Gasteiger partial charge in [0.25, 0.3) is 0 Å². The summed E-state index contributed by atoms with van der Waals surface area (Å²) in [6.07, 6.45) is 5.10. The molecule has 3 amide bonds. The fraction of sp³-hybridized carbons (Fsp3) is 0.458. The van der Waals surface area contributed by atoms with Crippen molar-refractivity contribution in [3.8, 4) is 11.6 Å². The van der Waals surface area contributed by atoms with E-state index in [9.17, 15) is 9.59 Å². The van der Waals surface area contributed by atoms with Crippen LogP contribution in [0.5, 0.6) is 11.6 Å². The highest BCUT2D eigenvalue weighted by Gasteiger charge is 2.42. The van der Waals surface area contributed by atoms with Gasteiger partial charge >= 0.3 is 6.03 Å². The Morgan fingerprint density at radius 2 is 2.09 bits per heavy atom. The average Bonchev–Trinajstić information content (AvgIpc) is 3.32. The first-order valence-corrected chi connectivity index (χ1v) is 12.2. The van der Waals surface area contributed by atoms with Gasteiger partial charge in [-0.3, -0.25) is 4.79 Å². The van der Waals surface area contributed by atoms with Gasteiger partial charge in [0.05, 0.1) is 12.1 Å². The summed E-state index contributed by atoms with van der Waals surface area (Å²) in [5, 5.41) is 9.38. The van der Waals surface area contributed by atoms with E-state index < -0.39 is 0 Å². The number of pyridine rings is 1. The van der Waals surface area contributed by atoms with Crippen molar-refractivity contribution in [2.75, 3.05) is 5.75 Å². The fourth-order valence-corrected chi connectivity index (χ4v) is 5.61. The van der Waals surface area contributed by atoms with Gasteiger partial charge in [-0.05, 0) is 49.4 Å². The Labute approximate surface area is 193 Å². The first-order chi connectivity index (χ1) is 15.5. The molecule has 32 heavy (non-hydrogen) atoms. The molecule has 0 radical (unpaired) electrons. The molecule has 0 aliphatic carbocycles. The topological polar surface area (TPSA) is 92.4 Å². The van der Waals surface area contributed by atoms with E-state index in [2.05, 4.69) is 27.0 Å². The van der Waals surface area contributed by atoms with Gasteiger partial charge in [-0.25, -0.2) is 9.78 Å². The maximum absolute atomic E-state index is 12.2. The minimum absolute atomic E-state index is 0.0495. The van der Waals surface area contributed by atoms with Gasteiger partial charge in [-0.1, -0.05) is 24.6 Å². The Bertz CT molecular complexity index is 966. The zero-order chi connectivity index (χ0) is 22.5. The maximum Gasteiger partial charge on any atom is 0.315 e. The number of carbonyl (C=O) groups is 2. The molecule has 170 valence electrons. The number of benzene rings is 1. The molecule has 3 atom stereocenters. The Morgan fingerprint density at radius 1 is 1.22 bits per heavy atom. The van der Waals surface area contributed by atoms with Crippen LogP contribution in [0.25, 0.3) is 0 Å². The Kier molecular flexibility index (Phi) is 7.19. The lowest BCUT2D eigenvalue weighted by atomic mass is 10.0. The van der Waals surface area contributed by atoms with Crippen LogP contribution < -0.4 is 20.7 Å². The van der Waals surface area contributed by atoms with Gasteiger partial charge in [0.15, 0.2) is 0 Å². The van der Waals surface area contributed by atoms with Crippen molar-refractivity contribution >= 4 is 23.7 Å². The number of thioether (sulfide) groups is 1. The number of nitrogens with one attached hydrogen (secondary N) is 3. The smallest absolute Gasteiger partial charge is 0.315 e. The molecule has 2 fully saturated rings. The molecule has 2 aromatic rings. The van der Waals surface area contributed by atoms with Crippen molar-refractivity contribution in [3.05, 3.63) is 53.2 Å². The lowest BCUT2D eigenvalue weighted by Crippen LogP contribution is -2.36. The van der Waals surface area contributed by atoms with Crippen LogP contribution in [0, 0.1) is 13.8 Å². The summed E-state index contributed by atoms with van der Waals surface area (Å²) in [6, 6.07) is 10.3. The fourth-order valence-electron chi connectivity index (χ4n) is 4.07. The molecule has 3 N–H and O–H groups in total. The number of aromatic nitrogens is 1. The van der Waals surface area contributed by atoms with Gasteiger partial charge in [-0.15, -0.1) is 0 Å². The third-order valence-electron chi connectivity index (χ3n) is 5.93. The van der Waals surface area contributed by atoms with Crippen LogP contribution in [0.3, 0.4) is 0 Å². The monoisotopic (exact) mass is 454 g/mol. The van der Waals surface area contributed by atoms with Crippen LogP contribution in [0.4, 0.5) is 4.79 Å². The quantitative estimate of drug-likeness (QED) is 0.396. The van der Waals surface area contributed by atoms with Crippen LogP contribution in [-0.4, -0.2) is 40.0 Å². The Balaban J connectivity index is 1.14. The first kappa shape index (κ1) is 22.5. The standard InChI is InChI=1S/C24H30N4O3S/c1-15-7-8-16(2)19(11-15)31-22-10-9-17(13-26-22)12-25-21(29)6-4-3-5-20-23-18(14-32-20)27-24(30)28-23/h7-11,13,18,20,23H,3-6,12,14H2,1-2H3,(H,25,29)(H2,27,28,30)/t18-,20-,23-/m0/s1. The zero-order valence-corrected chi connectivity index (χ0v) is 19.3. The third kappa shape index (κ3) is 5.73. The first-order valence-electron chi connectivity index (χ1n) is 11.1. The SMILES string of the molecule is Cc1ccc(C)c(Oc2ccc(CNC(=O)CCCC[C@@H]3SC[C@@H]4NC(=O)N[C@@H]43)cn2)c1. The van der Waals surface area contributed by atoms with Gasteiger partial charge in [0, 0.05) is 36.2 Å². The second-order valence-corrected chi connectivity index (χ2v) is 9.79. The lowest BCUT2D eigenvalue weighted by Gasteiger charge is -2.16. The summed E-state index contributed by atoms with van der Waals surface area (Å²) in [5.41, 5.74) is 3.13. The molecule has 2 saturated heterocycles. The molecule has 4 rings (SSSR count). The van der Waals surface area contributed by atoms with Crippen molar-refractivity contribution in [2.24, 2.45) is 0 Å². The number of rotatable bonds is 9. The molecule has 0 bridgehead atoms. The highest BCUT2D eigenvalue weighted by Crippen LogP contribution is 2.33. The number of fused-ring (bicyclic) bond motifs is 1. The summed E-state index contributed by atoms with van der Waals surface area (Å²) in [5.74, 6) is 2.36. The van der Waals surface area contributed by atoms with Crippen molar-refractivity contribution in [1.29, 1.82) is 0 Å². The summed E-state index contributed by atoms with van der Waals surface area (Å²) >= 11 is 1.91. The molecule has 0 unspecified atom stereocenters. The maximum atomic E-state index is 12.2. The van der Waals surface area contributed by atoms with Crippen LogP contribution in [0.15, 0.2) is 36.5 Å². The molecule has 8 heteroatoms. The number of amides is 3. The number of hydrogen-bond acceptors (Lipinski definition) is 5. The van der Waals surface area contributed by atoms with Gasteiger partial charge in [0.1, 0.15) is 5.75 Å². The average molecular weight is 455 g/mol. The van der Waals surface area contributed by atoms with Crippen LogP contribution in [-0.2, 0) is 11.3 Å². The second kappa shape index (κ2) is 10.3. The van der Waals surface area contributed by atoms with Crippen molar-refractivity contribution in [2.45, 2.75) is 63.4 Å². The van der Waals surface area contributed by atoms with Crippen molar-refractivity contribution < 1.29 is 14.3 Å². The largest absolute Gasteiger partial charge is 0.439 e. The molecular formula is C24H30N4O3S. The van der Waals surface area contributed by atoms with E-state index in [4.69, 9.17) is 4.74 Å². The van der Waals surface area contributed by atoms with E-state index in [0.29, 0.717) is 24.1 Å². The van der Waals surface area contributed by atoms with E-state index in [-0.39, 0.29) is 24.0 Å². The zero-order valence-electron chi connectivity index (χ0n) is 18.5. The molecule has 0 spiro atoms. The Morgan fingerprint density at radius 3 is 2.91 bits per heavy atom. The highest BCUT2D eigenvalue weighted by atomic mass is 32.2. The molecule has 2 aliphatic rings. The summed E-state index contributed by atoms with van der Waals surface area (Å²) in [4.78, 5) is 28.0. The number of carbonyl (C=O) groups excluding carboxylic acids is 2. The number of urea groups is 1. The van der Waals surface area contributed by atoms with Gasteiger partial charge < -0.3 is 20.7 Å². The minimum Gasteiger partial charge on any atom is -0.439 e. The van der Waals surface area contributed by atoms with E-state index in [1.165, 1.54) is 0 Å². The summed E-state index contributed by atoms with van der Waals surface area (Å²) in [6.45, 7) is 4.49. The van der Waals surface area contributed by atoms with Gasteiger partial charge in [0.2, 0.25) is 11.8 Å². The van der Waals surface area contributed by atoms with Crippen molar-refractivity contribution in [3.63, 3.8) is 0 Å². The molecule has 3 heterocycles. The molecule has 1 aromatic heterocycles. The van der Waals surface area contributed by atoms with E-state index in [0.717, 1.165) is 47.5 Å². The molecule has 2 aliphatic heterocycles. The second-order valence-electron chi connectivity index (χ2n) is 8.52. The normalized spacial score (nSPS) is 21.6. The summed E-state index contributed by atoms with van der Waals surface area (Å²) in [7, 11) is 0. The highest BCUT2D eigenvalue weighted by molar-refractivity contribution is 8.00.